The lowest BCUT2D eigenvalue weighted by atomic mass is 10.0. The highest BCUT2D eigenvalue weighted by molar-refractivity contribution is 5.76. The molecule has 0 aromatic heterocycles. The molecule has 2 unspecified atom stereocenters. The van der Waals surface area contributed by atoms with Crippen LogP contribution in [0, 0.1) is 0 Å². The molecular formula is C65H123NO5. The van der Waals surface area contributed by atoms with Crippen LogP contribution in [0.4, 0.5) is 0 Å². The van der Waals surface area contributed by atoms with Gasteiger partial charge in [0.15, 0.2) is 0 Å². The zero-order chi connectivity index (χ0) is 51.4. The van der Waals surface area contributed by atoms with Crippen LogP contribution < -0.4 is 5.32 Å². The third kappa shape index (κ3) is 57.2. The van der Waals surface area contributed by atoms with Gasteiger partial charge < -0.3 is 20.3 Å². The summed E-state index contributed by atoms with van der Waals surface area (Å²) >= 11 is 0. The molecule has 0 heterocycles. The predicted molar refractivity (Wildman–Crippen MR) is 310 cm³/mol. The number of carbonyl (C=O) groups excluding carboxylic acids is 2. The maximum absolute atomic E-state index is 12.5. The monoisotopic (exact) mass is 998 g/mol. The number of nitrogens with one attached hydrogen (secondary N) is 1. The second-order valence-corrected chi connectivity index (χ2v) is 21.7. The van der Waals surface area contributed by atoms with Crippen LogP contribution in [0.5, 0.6) is 0 Å². The second kappa shape index (κ2) is 60.6. The normalized spacial score (nSPS) is 12.8. The van der Waals surface area contributed by atoms with E-state index in [0.717, 1.165) is 51.4 Å². The van der Waals surface area contributed by atoms with Gasteiger partial charge in [0.05, 0.1) is 25.4 Å². The van der Waals surface area contributed by atoms with Crippen molar-refractivity contribution in [3.63, 3.8) is 0 Å². The topological polar surface area (TPSA) is 95.9 Å². The number of esters is 1. The van der Waals surface area contributed by atoms with E-state index in [9.17, 15) is 19.8 Å². The first kappa shape index (κ1) is 69.1. The molecule has 2 atom stereocenters. The molecule has 0 spiro atoms. The molecule has 0 fully saturated rings. The van der Waals surface area contributed by atoms with Crippen molar-refractivity contribution in [1.82, 2.24) is 5.32 Å². The van der Waals surface area contributed by atoms with Gasteiger partial charge in [0, 0.05) is 12.8 Å². The van der Waals surface area contributed by atoms with Crippen LogP contribution in [0.2, 0.25) is 0 Å². The van der Waals surface area contributed by atoms with Crippen LogP contribution >= 0.6 is 0 Å². The molecule has 1 amide bonds. The summed E-state index contributed by atoms with van der Waals surface area (Å²) in [7, 11) is 0. The number of hydrogen-bond acceptors (Lipinski definition) is 5. The number of rotatable bonds is 59. The molecule has 0 bridgehead atoms. The third-order valence-corrected chi connectivity index (χ3v) is 14.7. The minimum Gasteiger partial charge on any atom is -0.465 e. The zero-order valence-electron chi connectivity index (χ0n) is 47.7. The summed E-state index contributed by atoms with van der Waals surface area (Å²) in [4.78, 5) is 24.5. The van der Waals surface area contributed by atoms with E-state index < -0.39 is 12.1 Å². The van der Waals surface area contributed by atoms with Gasteiger partial charge in [-0.3, -0.25) is 9.59 Å². The summed E-state index contributed by atoms with van der Waals surface area (Å²) in [5, 5.41) is 23.3. The Morgan fingerprint density at radius 3 is 1.08 bits per heavy atom. The Kier molecular flexibility index (Phi) is 59.0. The summed E-state index contributed by atoms with van der Waals surface area (Å²) in [5.74, 6) is -0.0740. The number of aliphatic hydroxyl groups excluding tert-OH is 2. The van der Waals surface area contributed by atoms with E-state index >= 15 is 0 Å². The molecule has 71 heavy (non-hydrogen) atoms. The van der Waals surface area contributed by atoms with Crippen LogP contribution in [0.15, 0.2) is 36.5 Å². The van der Waals surface area contributed by atoms with Crippen LogP contribution in [0.3, 0.4) is 0 Å². The fraction of sp³-hybridized carbons (Fsp3) is 0.877. The van der Waals surface area contributed by atoms with E-state index in [1.54, 1.807) is 0 Å². The zero-order valence-corrected chi connectivity index (χ0v) is 47.7. The number of allylic oxidation sites excluding steroid dienone is 5. The average Bonchev–Trinajstić information content (AvgIpc) is 3.37. The molecule has 418 valence electrons. The van der Waals surface area contributed by atoms with E-state index in [0.29, 0.717) is 25.9 Å². The lowest BCUT2D eigenvalue weighted by Gasteiger charge is -2.22. The molecule has 6 heteroatoms. The number of amides is 1. The number of ether oxygens (including phenoxy) is 1. The van der Waals surface area contributed by atoms with Crippen LogP contribution in [0.25, 0.3) is 0 Å². The van der Waals surface area contributed by atoms with Crippen molar-refractivity contribution in [1.29, 1.82) is 0 Å². The largest absolute Gasteiger partial charge is 0.465 e. The summed E-state index contributed by atoms with van der Waals surface area (Å²) in [6, 6.07) is -0.545. The van der Waals surface area contributed by atoms with E-state index in [1.807, 2.05) is 0 Å². The van der Waals surface area contributed by atoms with Crippen molar-refractivity contribution in [2.45, 2.75) is 353 Å². The van der Waals surface area contributed by atoms with Crippen molar-refractivity contribution >= 4 is 11.9 Å². The molecular weight excluding hydrogens is 875 g/mol. The number of unbranched alkanes of at least 4 members (excludes halogenated alkanes) is 42. The van der Waals surface area contributed by atoms with Gasteiger partial charge in [0.1, 0.15) is 0 Å². The highest BCUT2D eigenvalue weighted by Gasteiger charge is 2.20. The van der Waals surface area contributed by atoms with Crippen molar-refractivity contribution in [3.05, 3.63) is 36.5 Å². The van der Waals surface area contributed by atoms with Gasteiger partial charge in [-0.15, -0.1) is 0 Å². The van der Waals surface area contributed by atoms with Gasteiger partial charge >= 0.3 is 5.97 Å². The number of aliphatic hydroxyl groups is 2. The van der Waals surface area contributed by atoms with Gasteiger partial charge in [-0.05, 0) is 70.6 Å². The molecule has 6 nitrogen and oxygen atoms in total. The number of carbonyl (C=O) groups is 2. The Bertz CT molecular complexity index is 1150. The van der Waals surface area contributed by atoms with Gasteiger partial charge in [0.2, 0.25) is 5.91 Å². The van der Waals surface area contributed by atoms with Crippen molar-refractivity contribution in [2.24, 2.45) is 0 Å². The first-order valence-corrected chi connectivity index (χ1v) is 31.7. The minimum absolute atomic E-state index is 0.0354. The Balaban J connectivity index is 3.43. The predicted octanol–water partition coefficient (Wildman–Crippen LogP) is 20.0. The van der Waals surface area contributed by atoms with E-state index in [1.165, 1.54) is 257 Å². The summed E-state index contributed by atoms with van der Waals surface area (Å²) in [6.45, 7) is 4.85. The van der Waals surface area contributed by atoms with Crippen molar-refractivity contribution < 1.29 is 24.5 Å². The third-order valence-electron chi connectivity index (χ3n) is 14.7. The highest BCUT2D eigenvalue weighted by Crippen LogP contribution is 2.18. The molecule has 0 saturated heterocycles. The summed E-state index contributed by atoms with van der Waals surface area (Å²) < 4.78 is 5.43. The Morgan fingerprint density at radius 1 is 0.394 bits per heavy atom. The van der Waals surface area contributed by atoms with Gasteiger partial charge in [-0.25, -0.2) is 0 Å². The maximum Gasteiger partial charge on any atom is 0.305 e. The fourth-order valence-electron chi connectivity index (χ4n) is 9.83. The van der Waals surface area contributed by atoms with Crippen LogP contribution in [0.1, 0.15) is 341 Å². The molecule has 0 radical (unpaired) electrons. The van der Waals surface area contributed by atoms with Crippen molar-refractivity contribution in [3.8, 4) is 0 Å². The Hall–Kier alpha value is -1.92. The van der Waals surface area contributed by atoms with E-state index in [2.05, 4.69) is 55.6 Å². The average molecular weight is 999 g/mol. The standard InChI is InChI=1S/C65H123NO5/c1-3-5-7-9-11-13-15-17-19-20-24-28-31-35-39-43-47-51-55-59-65(70)71-60-56-52-48-44-40-36-32-29-26-23-21-22-25-27-30-34-38-42-46-50-54-58-64(69)66-62(61-67)63(68)57-53-49-45-41-37-33-18-16-14-12-10-8-6-4-2/h17,19,36,40,48,52,62-63,67-68H,3-16,18,20-35,37-39,41-47,49-51,53-61H2,1-2H3,(H,66,69)/b19-17-,40-36-,52-48-. The molecule has 0 aliphatic rings. The van der Waals surface area contributed by atoms with E-state index in [-0.39, 0.29) is 18.5 Å². The summed E-state index contributed by atoms with van der Waals surface area (Å²) in [6.07, 6.45) is 76.0. The van der Waals surface area contributed by atoms with Gasteiger partial charge in [-0.1, -0.05) is 294 Å². The smallest absolute Gasteiger partial charge is 0.305 e. The first-order valence-electron chi connectivity index (χ1n) is 31.7. The molecule has 0 aliphatic carbocycles. The van der Waals surface area contributed by atoms with Gasteiger partial charge in [0.25, 0.3) is 0 Å². The minimum atomic E-state index is -0.668. The quantitative estimate of drug-likeness (QED) is 0.0321. The second-order valence-electron chi connectivity index (χ2n) is 21.7. The lowest BCUT2D eigenvalue weighted by molar-refractivity contribution is -0.143. The van der Waals surface area contributed by atoms with E-state index in [4.69, 9.17) is 4.74 Å². The molecule has 0 aliphatic heterocycles. The molecule has 0 aromatic rings. The molecule has 0 aromatic carbocycles. The SMILES string of the molecule is CCCCCCCC/C=C\CCCCCCCCCCCC(=O)OCC/C=C\C/C=C\CCCCCCCCCCCCCCCCC(=O)NC(CO)C(O)CCCCCCCCCCCCCCCC. The van der Waals surface area contributed by atoms with Crippen LogP contribution in [-0.4, -0.2) is 47.4 Å². The molecule has 3 N–H and O–H groups in total. The lowest BCUT2D eigenvalue weighted by Crippen LogP contribution is -2.45. The van der Waals surface area contributed by atoms with Gasteiger partial charge in [-0.2, -0.15) is 0 Å². The Morgan fingerprint density at radius 2 is 0.704 bits per heavy atom. The molecule has 0 saturated carbocycles. The maximum atomic E-state index is 12.5. The van der Waals surface area contributed by atoms with Crippen molar-refractivity contribution in [2.75, 3.05) is 13.2 Å². The number of hydrogen-bond donors (Lipinski definition) is 3. The summed E-state index contributed by atoms with van der Waals surface area (Å²) in [5.41, 5.74) is 0. The fourth-order valence-corrected chi connectivity index (χ4v) is 9.83. The molecule has 0 rings (SSSR count). The Labute approximate surface area is 443 Å². The highest BCUT2D eigenvalue weighted by atomic mass is 16.5. The first-order chi connectivity index (χ1) is 35.0. The van der Waals surface area contributed by atoms with Crippen LogP contribution in [-0.2, 0) is 14.3 Å².